The first kappa shape index (κ1) is 13.6. The molecule has 1 atom stereocenters. The molecule has 0 spiro atoms. The first-order chi connectivity index (χ1) is 9.47. The van der Waals surface area contributed by atoms with E-state index in [0.717, 1.165) is 35.9 Å². The number of fused-ring (bicyclic) bond motifs is 1. The SMILES string of the molecule is NC1CCCc2sc(-c3ccccc3C(F)(F)F)nc21. The smallest absolute Gasteiger partial charge is 0.323 e. The Morgan fingerprint density at radius 3 is 2.70 bits per heavy atom. The van der Waals surface area contributed by atoms with Crippen molar-refractivity contribution in [2.75, 3.05) is 0 Å². The van der Waals surface area contributed by atoms with E-state index < -0.39 is 11.7 Å². The molecule has 0 bridgehead atoms. The third-order valence-electron chi connectivity index (χ3n) is 3.46. The Kier molecular flexibility index (Phi) is 3.30. The normalized spacial score (nSPS) is 18.9. The summed E-state index contributed by atoms with van der Waals surface area (Å²) in [6, 6.07) is 5.41. The molecule has 0 saturated heterocycles. The minimum atomic E-state index is -4.37. The van der Waals surface area contributed by atoms with Gasteiger partial charge in [0.25, 0.3) is 0 Å². The number of nitrogens with two attached hydrogens (primary N) is 1. The number of hydrogen-bond donors (Lipinski definition) is 1. The summed E-state index contributed by atoms with van der Waals surface area (Å²) in [6.07, 6.45) is -1.70. The van der Waals surface area contributed by atoms with Crippen LogP contribution in [0, 0.1) is 0 Å². The van der Waals surface area contributed by atoms with Crippen molar-refractivity contribution in [3.05, 3.63) is 40.4 Å². The van der Waals surface area contributed by atoms with E-state index in [1.807, 2.05) is 0 Å². The van der Waals surface area contributed by atoms with Crippen molar-refractivity contribution in [2.24, 2.45) is 5.73 Å². The second kappa shape index (κ2) is 4.86. The Labute approximate surface area is 118 Å². The fraction of sp³-hybridized carbons (Fsp3) is 0.357. The standard InChI is InChI=1S/C14H13F3N2S/c15-14(16,17)9-5-2-1-4-8(9)13-19-12-10(18)6-3-7-11(12)20-13/h1-2,4-5,10H,3,6-7,18H2. The van der Waals surface area contributed by atoms with Gasteiger partial charge < -0.3 is 5.73 Å². The quantitative estimate of drug-likeness (QED) is 0.858. The van der Waals surface area contributed by atoms with Crippen LogP contribution in [0.15, 0.2) is 24.3 Å². The molecule has 1 aliphatic rings. The third kappa shape index (κ3) is 2.33. The number of nitrogens with zero attached hydrogens (tertiary/aromatic N) is 1. The number of aryl methyl sites for hydroxylation is 1. The van der Waals surface area contributed by atoms with Crippen molar-refractivity contribution < 1.29 is 13.2 Å². The van der Waals surface area contributed by atoms with Crippen LogP contribution in [0.2, 0.25) is 0 Å². The minimum Gasteiger partial charge on any atom is -0.323 e. The summed E-state index contributed by atoms with van der Waals surface area (Å²) >= 11 is 1.33. The van der Waals surface area contributed by atoms with E-state index in [-0.39, 0.29) is 11.6 Å². The largest absolute Gasteiger partial charge is 0.417 e. The molecule has 3 rings (SSSR count). The summed E-state index contributed by atoms with van der Waals surface area (Å²) in [5, 5.41) is 0.417. The Morgan fingerprint density at radius 1 is 1.25 bits per heavy atom. The van der Waals surface area contributed by atoms with Crippen LogP contribution < -0.4 is 5.73 Å². The zero-order valence-electron chi connectivity index (χ0n) is 10.6. The maximum atomic E-state index is 13.0. The molecule has 0 amide bonds. The van der Waals surface area contributed by atoms with E-state index >= 15 is 0 Å². The van der Waals surface area contributed by atoms with Gasteiger partial charge in [-0.3, -0.25) is 0 Å². The lowest BCUT2D eigenvalue weighted by Crippen LogP contribution is -2.16. The van der Waals surface area contributed by atoms with Gasteiger partial charge in [-0.15, -0.1) is 11.3 Å². The molecule has 2 nitrogen and oxygen atoms in total. The number of benzene rings is 1. The molecule has 0 fully saturated rings. The third-order valence-corrected chi connectivity index (χ3v) is 4.62. The Balaban J connectivity index is 2.11. The zero-order chi connectivity index (χ0) is 14.3. The van der Waals surface area contributed by atoms with E-state index in [1.165, 1.54) is 23.5 Å². The van der Waals surface area contributed by atoms with Crippen molar-refractivity contribution in [2.45, 2.75) is 31.5 Å². The number of aromatic nitrogens is 1. The Hall–Kier alpha value is -1.40. The average Bonchev–Trinajstić information content (AvgIpc) is 2.83. The molecule has 6 heteroatoms. The van der Waals surface area contributed by atoms with Crippen molar-refractivity contribution in [1.29, 1.82) is 0 Å². The van der Waals surface area contributed by atoms with Crippen LogP contribution in [0.3, 0.4) is 0 Å². The molecule has 1 aromatic carbocycles. The zero-order valence-corrected chi connectivity index (χ0v) is 11.4. The lowest BCUT2D eigenvalue weighted by Gasteiger charge is -2.15. The lowest BCUT2D eigenvalue weighted by molar-refractivity contribution is -0.137. The molecule has 2 aromatic rings. The molecule has 0 aliphatic heterocycles. The maximum Gasteiger partial charge on any atom is 0.417 e. The lowest BCUT2D eigenvalue weighted by atomic mass is 9.98. The summed E-state index contributed by atoms with van der Waals surface area (Å²) in [5.41, 5.74) is 6.26. The molecule has 20 heavy (non-hydrogen) atoms. The molecule has 1 aliphatic carbocycles. The number of halogens is 3. The Morgan fingerprint density at radius 2 is 2.00 bits per heavy atom. The molecule has 0 radical (unpaired) electrons. The summed E-state index contributed by atoms with van der Waals surface area (Å²) in [6.45, 7) is 0. The molecule has 1 heterocycles. The fourth-order valence-corrected chi connectivity index (χ4v) is 3.70. The number of hydrogen-bond acceptors (Lipinski definition) is 3. The average molecular weight is 298 g/mol. The maximum absolute atomic E-state index is 13.0. The van der Waals surface area contributed by atoms with Gasteiger partial charge in [0, 0.05) is 16.5 Å². The monoisotopic (exact) mass is 298 g/mol. The highest BCUT2D eigenvalue weighted by atomic mass is 32.1. The summed E-state index contributed by atoms with van der Waals surface area (Å²) in [5.74, 6) is 0. The van der Waals surface area contributed by atoms with Gasteiger partial charge in [-0.2, -0.15) is 13.2 Å². The second-order valence-corrected chi connectivity index (χ2v) is 5.95. The Bertz CT molecular complexity index is 634. The first-order valence-corrected chi connectivity index (χ1v) is 7.20. The van der Waals surface area contributed by atoms with Crippen molar-refractivity contribution >= 4 is 11.3 Å². The van der Waals surface area contributed by atoms with E-state index in [1.54, 1.807) is 6.07 Å². The van der Waals surface area contributed by atoms with Crippen LogP contribution in [-0.2, 0) is 12.6 Å². The molecule has 0 saturated carbocycles. The van der Waals surface area contributed by atoms with Crippen LogP contribution >= 0.6 is 11.3 Å². The van der Waals surface area contributed by atoms with Crippen molar-refractivity contribution in [3.63, 3.8) is 0 Å². The van der Waals surface area contributed by atoms with Gasteiger partial charge in [0.1, 0.15) is 5.01 Å². The van der Waals surface area contributed by atoms with Gasteiger partial charge in [0.05, 0.1) is 11.3 Å². The van der Waals surface area contributed by atoms with Crippen molar-refractivity contribution in [3.8, 4) is 10.6 Å². The fourth-order valence-electron chi connectivity index (χ4n) is 2.48. The molecule has 1 unspecified atom stereocenters. The van der Waals surface area contributed by atoms with Gasteiger partial charge in [-0.1, -0.05) is 18.2 Å². The van der Waals surface area contributed by atoms with E-state index in [4.69, 9.17) is 5.73 Å². The molecule has 2 N–H and O–H groups in total. The first-order valence-electron chi connectivity index (χ1n) is 6.38. The predicted molar refractivity (Wildman–Crippen MR) is 72.4 cm³/mol. The van der Waals surface area contributed by atoms with Gasteiger partial charge in [0.2, 0.25) is 0 Å². The molecular weight excluding hydrogens is 285 g/mol. The van der Waals surface area contributed by atoms with Crippen LogP contribution in [0.4, 0.5) is 13.2 Å². The van der Waals surface area contributed by atoms with Gasteiger partial charge in [-0.05, 0) is 25.3 Å². The number of thiazole rings is 1. The summed E-state index contributed by atoms with van der Waals surface area (Å²) in [4.78, 5) is 5.39. The van der Waals surface area contributed by atoms with Crippen LogP contribution in [0.5, 0.6) is 0 Å². The van der Waals surface area contributed by atoms with Crippen LogP contribution in [0.25, 0.3) is 10.6 Å². The van der Waals surface area contributed by atoms with Crippen LogP contribution in [-0.4, -0.2) is 4.98 Å². The van der Waals surface area contributed by atoms with Gasteiger partial charge >= 0.3 is 6.18 Å². The predicted octanol–water partition coefficient (Wildman–Crippen LogP) is 4.17. The van der Waals surface area contributed by atoms with Crippen LogP contribution in [0.1, 0.15) is 35.0 Å². The summed E-state index contributed by atoms with van der Waals surface area (Å²) < 4.78 is 39.1. The molecule has 1 aromatic heterocycles. The second-order valence-electron chi connectivity index (χ2n) is 4.87. The van der Waals surface area contributed by atoms with E-state index in [9.17, 15) is 13.2 Å². The molecule has 106 valence electrons. The molecular formula is C14H13F3N2S. The minimum absolute atomic E-state index is 0.145. The number of alkyl halides is 3. The summed E-state index contributed by atoms with van der Waals surface area (Å²) in [7, 11) is 0. The van der Waals surface area contributed by atoms with Crippen molar-refractivity contribution in [1.82, 2.24) is 4.98 Å². The van der Waals surface area contributed by atoms with E-state index in [0.29, 0.717) is 5.01 Å². The van der Waals surface area contributed by atoms with Gasteiger partial charge in [0.15, 0.2) is 0 Å². The van der Waals surface area contributed by atoms with E-state index in [2.05, 4.69) is 4.98 Å². The highest BCUT2D eigenvalue weighted by molar-refractivity contribution is 7.15. The topological polar surface area (TPSA) is 38.9 Å². The van der Waals surface area contributed by atoms with Gasteiger partial charge in [-0.25, -0.2) is 4.98 Å². The highest BCUT2D eigenvalue weighted by Gasteiger charge is 2.34. The number of rotatable bonds is 1. The highest BCUT2D eigenvalue weighted by Crippen LogP contribution is 2.41.